The molecule has 0 spiro atoms. The minimum Gasteiger partial charge on any atom is -0.381 e. The van der Waals surface area contributed by atoms with Gasteiger partial charge in [0.15, 0.2) is 0 Å². The van der Waals surface area contributed by atoms with Gasteiger partial charge in [-0.3, -0.25) is 9.69 Å². The fourth-order valence-electron chi connectivity index (χ4n) is 4.40. The van der Waals surface area contributed by atoms with E-state index >= 15 is 0 Å². The van der Waals surface area contributed by atoms with Crippen molar-refractivity contribution in [2.24, 2.45) is 5.92 Å². The number of nitrogens with zero attached hydrogens (tertiary/aromatic N) is 2. The fraction of sp³-hybridized carbons (Fsp3) is 0.458. The molecule has 2 aromatic rings. The van der Waals surface area contributed by atoms with Crippen molar-refractivity contribution < 1.29 is 14.3 Å². The van der Waals surface area contributed by atoms with Gasteiger partial charge in [-0.05, 0) is 30.7 Å². The Balaban J connectivity index is 1.47. The minimum absolute atomic E-state index is 0.0365. The smallest absolute Gasteiger partial charge is 0.253 e. The van der Waals surface area contributed by atoms with E-state index in [0.717, 1.165) is 57.3 Å². The maximum atomic E-state index is 13.2. The zero-order valence-corrected chi connectivity index (χ0v) is 17.6. The molecular formula is C24H31N3O3. The standard InChI is InChI=1S/C24H31N3O3/c1-26(20-7-3-2-4-8-20)22-10-6-5-9-21(22)24(28)25-17-23(19-11-14-30-18-19)27-12-15-29-16-13-27/h2-10,19,23H,11-18H2,1H3,(H,25,28). The highest BCUT2D eigenvalue weighted by Gasteiger charge is 2.32. The van der Waals surface area contributed by atoms with Crippen molar-refractivity contribution in [2.45, 2.75) is 12.5 Å². The number of carbonyl (C=O) groups is 1. The summed E-state index contributed by atoms with van der Waals surface area (Å²) in [5.74, 6) is 0.413. The number of nitrogens with one attached hydrogen (secondary N) is 1. The van der Waals surface area contributed by atoms with Crippen LogP contribution in [0.3, 0.4) is 0 Å². The number of benzene rings is 2. The molecule has 2 aromatic carbocycles. The van der Waals surface area contributed by atoms with Crippen molar-refractivity contribution in [2.75, 3.05) is 58.0 Å². The number of ether oxygens (including phenoxy) is 2. The lowest BCUT2D eigenvalue weighted by Gasteiger charge is -2.37. The normalized spacial score (nSPS) is 20.6. The summed E-state index contributed by atoms with van der Waals surface area (Å²) in [6, 6.07) is 18.1. The minimum atomic E-state index is -0.0365. The Morgan fingerprint density at radius 1 is 1.07 bits per heavy atom. The SMILES string of the molecule is CN(c1ccccc1)c1ccccc1C(=O)NCC(C1CCOC1)N1CCOCC1. The number of anilines is 2. The second-order valence-electron chi connectivity index (χ2n) is 7.96. The first-order chi connectivity index (χ1) is 14.7. The predicted molar refractivity (Wildman–Crippen MR) is 118 cm³/mol. The van der Waals surface area contributed by atoms with Crippen LogP contribution in [0.4, 0.5) is 11.4 Å². The Morgan fingerprint density at radius 3 is 2.53 bits per heavy atom. The molecule has 2 fully saturated rings. The quantitative estimate of drug-likeness (QED) is 0.762. The molecule has 2 saturated heterocycles. The monoisotopic (exact) mass is 409 g/mol. The van der Waals surface area contributed by atoms with Gasteiger partial charge in [0.2, 0.25) is 0 Å². The summed E-state index contributed by atoms with van der Waals surface area (Å²) in [5.41, 5.74) is 2.63. The zero-order valence-electron chi connectivity index (χ0n) is 17.6. The van der Waals surface area contributed by atoms with Crippen LogP contribution in [-0.4, -0.2) is 70.0 Å². The molecule has 0 radical (unpaired) electrons. The second kappa shape index (κ2) is 10.1. The predicted octanol–water partition coefficient (Wildman–Crippen LogP) is 2.92. The molecule has 0 saturated carbocycles. The van der Waals surface area contributed by atoms with Gasteiger partial charge in [-0.25, -0.2) is 0 Å². The first kappa shape index (κ1) is 20.8. The highest BCUT2D eigenvalue weighted by atomic mass is 16.5. The average molecular weight is 410 g/mol. The molecule has 2 heterocycles. The third-order valence-electron chi connectivity index (χ3n) is 6.15. The summed E-state index contributed by atoms with van der Waals surface area (Å²) in [4.78, 5) is 17.7. The summed E-state index contributed by atoms with van der Waals surface area (Å²) in [5, 5.41) is 3.22. The van der Waals surface area contributed by atoms with Gasteiger partial charge in [0.25, 0.3) is 5.91 Å². The van der Waals surface area contributed by atoms with Gasteiger partial charge in [-0.15, -0.1) is 0 Å². The second-order valence-corrected chi connectivity index (χ2v) is 7.96. The molecule has 2 atom stereocenters. The van der Waals surface area contributed by atoms with Crippen LogP contribution in [0.1, 0.15) is 16.8 Å². The first-order valence-electron chi connectivity index (χ1n) is 10.8. The van der Waals surface area contributed by atoms with Gasteiger partial charge in [-0.2, -0.15) is 0 Å². The summed E-state index contributed by atoms with van der Waals surface area (Å²) in [6.07, 6.45) is 1.05. The van der Waals surface area contributed by atoms with Crippen LogP contribution in [-0.2, 0) is 9.47 Å². The van der Waals surface area contributed by atoms with Crippen LogP contribution in [0.25, 0.3) is 0 Å². The van der Waals surface area contributed by atoms with Gasteiger partial charge in [0.1, 0.15) is 0 Å². The molecule has 1 amide bonds. The van der Waals surface area contributed by atoms with Crippen molar-refractivity contribution in [1.82, 2.24) is 10.2 Å². The van der Waals surface area contributed by atoms with E-state index < -0.39 is 0 Å². The van der Waals surface area contributed by atoms with Crippen molar-refractivity contribution in [3.8, 4) is 0 Å². The Morgan fingerprint density at radius 2 is 1.80 bits per heavy atom. The topological polar surface area (TPSA) is 54.0 Å². The molecule has 0 aromatic heterocycles. The van der Waals surface area contributed by atoms with E-state index in [1.807, 2.05) is 61.6 Å². The molecule has 2 aliphatic heterocycles. The first-order valence-corrected chi connectivity index (χ1v) is 10.8. The summed E-state index contributed by atoms with van der Waals surface area (Å²) >= 11 is 0. The van der Waals surface area contributed by atoms with Crippen molar-refractivity contribution >= 4 is 17.3 Å². The molecule has 0 aliphatic carbocycles. The molecule has 4 rings (SSSR count). The van der Waals surface area contributed by atoms with Gasteiger partial charge in [0, 0.05) is 50.9 Å². The Hall–Kier alpha value is -2.41. The molecule has 6 nitrogen and oxygen atoms in total. The maximum Gasteiger partial charge on any atom is 0.253 e. The third kappa shape index (κ3) is 4.83. The summed E-state index contributed by atoms with van der Waals surface area (Å²) in [6.45, 7) is 5.52. The van der Waals surface area contributed by atoms with Crippen LogP contribution in [0.5, 0.6) is 0 Å². The van der Waals surface area contributed by atoms with E-state index in [9.17, 15) is 4.79 Å². The van der Waals surface area contributed by atoms with E-state index in [-0.39, 0.29) is 11.9 Å². The molecule has 2 unspecified atom stereocenters. The number of carbonyl (C=O) groups excluding carboxylic acids is 1. The van der Waals surface area contributed by atoms with E-state index in [4.69, 9.17) is 9.47 Å². The summed E-state index contributed by atoms with van der Waals surface area (Å²) in [7, 11) is 1.99. The number of amides is 1. The lowest BCUT2D eigenvalue weighted by atomic mass is 9.96. The highest BCUT2D eigenvalue weighted by Crippen LogP contribution is 2.27. The number of rotatable bonds is 7. The zero-order chi connectivity index (χ0) is 20.8. The summed E-state index contributed by atoms with van der Waals surface area (Å²) < 4.78 is 11.2. The Labute approximate surface area is 178 Å². The average Bonchev–Trinajstić information content (AvgIpc) is 3.34. The van der Waals surface area contributed by atoms with Gasteiger partial charge in [-0.1, -0.05) is 30.3 Å². The molecule has 6 heteroatoms. The Bertz CT molecular complexity index is 817. The highest BCUT2D eigenvalue weighted by molar-refractivity contribution is 6.00. The molecule has 160 valence electrons. The fourth-order valence-corrected chi connectivity index (χ4v) is 4.40. The Kier molecular flexibility index (Phi) is 7.00. The van der Waals surface area contributed by atoms with Crippen LogP contribution in [0.15, 0.2) is 54.6 Å². The van der Waals surface area contributed by atoms with Crippen molar-refractivity contribution in [3.63, 3.8) is 0 Å². The van der Waals surface area contributed by atoms with Gasteiger partial charge < -0.3 is 19.7 Å². The lowest BCUT2D eigenvalue weighted by Crippen LogP contribution is -2.52. The molecule has 30 heavy (non-hydrogen) atoms. The van der Waals surface area contributed by atoms with E-state index in [2.05, 4.69) is 15.1 Å². The van der Waals surface area contributed by atoms with Crippen LogP contribution in [0, 0.1) is 5.92 Å². The van der Waals surface area contributed by atoms with Crippen LogP contribution < -0.4 is 10.2 Å². The van der Waals surface area contributed by atoms with E-state index in [1.54, 1.807) is 0 Å². The van der Waals surface area contributed by atoms with Crippen LogP contribution >= 0.6 is 0 Å². The van der Waals surface area contributed by atoms with Gasteiger partial charge >= 0.3 is 0 Å². The van der Waals surface area contributed by atoms with E-state index in [0.29, 0.717) is 18.0 Å². The largest absolute Gasteiger partial charge is 0.381 e. The number of hydrogen-bond acceptors (Lipinski definition) is 5. The molecule has 0 bridgehead atoms. The molecule has 2 aliphatic rings. The molecule has 1 N–H and O–H groups in total. The third-order valence-corrected chi connectivity index (χ3v) is 6.15. The lowest BCUT2D eigenvalue weighted by molar-refractivity contribution is 0.00166. The maximum absolute atomic E-state index is 13.2. The van der Waals surface area contributed by atoms with Gasteiger partial charge in [0.05, 0.1) is 31.1 Å². The van der Waals surface area contributed by atoms with Crippen molar-refractivity contribution in [1.29, 1.82) is 0 Å². The number of para-hydroxylation sites is 2. The van der Waals surface area contributed by atoms with Crippen molar-refractivity contribution in [3.05, 3.63) is 60.2 Å². The van der Waals surface area contributed by atoms with E-state index in [1.165, 1.54) is 0 Å². The number of hydrogen-bond donors (Lipinski definition) is 1. The van der Waals surface area contributed by atoms with Crippen LogP contribution in [0.2, 0.25) is 0 Å². The number of morpholine rings is 1. The molecular weight excluding hydrogens is 378 g/mol.